The van der Waals surface area contributed by atoms with Crippen molar-refractivity contribution >= 4 is 39.1 Å². The molecule has 0 spiro atoms. The van der Waals surface area contributed by atoms with Gasteiger partial charge in [0.15, 0.2) is 0 Å². The van der Waals surface area contributed by atoms with Crippen LogP contribution in [0.25, 0.3) is 0 Å². The molecule has 1 atom stereocenters. The summed E-state index contributed by atoms with van der Waals surface area (Å²) in [6.07, 6.45) is 0.476. The summed E-state index contributed by atoms with van der Waals surface area (Å²) >= 11 is 5.68. The number of rotatable bonds is 9. The number of alkyl halides is 3. The van der Waals surface area contributed by atoms with Gasteiger partial charge in [0, 0.05) is 12.6 Å². The SMILES string of the molecule is C[C@H](C(=O)NC1CCCCC1)N(Cc1ccc(F)cc1)C(=O)CN(c1ccc(Cl)c(C(F)(F)F)c1)S(C)(=O)=O. The Morgan fingerprint density at radius 3 is 2.26 bits per heavy atom. The average Bonchev–Trinajstić information content (AvgIpc) is 2.86. The molecule has 214 valence electrons. The van der Waals surface area contributed by atoms with Crippen molar-refractivity contribution in [1.29, 1.82) is 0 Å². The zero-order valence-corrected chi connectivity index (χ0v) is 23.0. The molecule has 7 nitrogen and oxygen atoms in total. The van der Waals surface area contributed by atoms with Gasteiger partial charge in [-0.05, 0) is 55.7 Å². The fourth-order valence-corrected chi connectivity index (χ4v) is 5.50. The molecule has 0 unspecified atom stereocenters. The van der Waals surface area contributed by atoms with E-state index in [1.165, 1.54) is 31.2 Å². The monoisotopic (exact) mass is 591 g/mol. The molecule has 1 saturated carbocycles. The highest BCUT2D eigenvalue weighted by atomic mass is 35.5. The van der Waals surface area contributed by atoms with E-state index in [1.54, 1.807) is 0 Å². The highest BCUT2D eigenvalue weighted by molar-refractivity contribution is 7.92. The van der Waals surface area contributed by atoms with Gasteiger partial charge >= 0.3 is 6.18 Å². The van der Waals surface area contributed by atoms with Crippen molar-refractivity contribution in [2.75, 3.05) is 17.1 Å². The van der Waals surface area contributed by atoms with E-state index in [9.17, 15) is 35.6 Å². The smallest absolute Gasteiger partial charge is 0.352 e. The van der Waals surface area contributed by atoms with E-state index in [-0.39, 0.29) is 12.6 Å². The molecule has 0 radical (unpaired) electrons. The maximum absolute atomic E-state index is 13.5. The van der Waals surface area contributed by atoms with E-state index in [4.69, 9.17) is 11.6 Å². The second kappa shape index (κ2) is 12.5. The quantitative estimate of drug-likeness (QED) is 0.410. The molecule has 1 fully saturated rings. The molecule has 2 aromatic rings. The summed E-state index contributed by atoms with van der Waals surface area (Å²) in [5.41, 5.74) is -1.20. The molecule has 2 aromatic carbocycles. The van der Waals surface area contributed by atoms with Crippen molar-refractivity contribution < 1.29 is 35.6 Å². The number of nitrogens with zero attached hydrogens (tertiary/aromatic N) is 2. The molecule has 39 heavy (non-hydrogen) atoms. The lowest BCUT2D eigenvalue weighted by Crippen LogP contribution is -2.53. The van der Waals surface area contributed by atoms with Crippen LogP contribution in [0.15, 0.2) is 42.5 Å². The second-order valence-corrected chi connectivity index (χ2v) is 11.9. The summed E-state index contributed by atoms with van der Waals surface area (Å²) in [6.45, 7) is 0.443. The molecular weight excluding hydrogens is 562 g/mol. The lowest BCUT2D eigenvalue weighted by atomic mass is 9.95. The average molecular weight is 592 g/mol. The van der Waals surface area contributed by atoms with Crippen LogP contribution in [-0.4, -0.2) is 50.0 Å². The Morgan fingerprint density at radius 2 is 1.69 bits per heavy atom. The maximum Gasteiger partial charge on any atom is 0.417 e. The van der Waals surface area contributed by atoms with Gasteiger partial charge in [-0.25, -0.2) is 12.8 Å². The zero-order valence-electron chi connectivity index (χ0n) is 21.5. The standard InChI is InChI=1S/C26H30ClF4N3O4S/c1-17(25(36)32-20-6-4-3-5-7-20)33(15-18-8-10-19(28)11-9-18)24(35)16-34(39(2,37)38)21-12-13-23(27)22(14-21)26(29,30)31/h8-14,17,20H,3-7,15-16H2,1-2H3,(H,32,36)/t17-/m1/s1. The van der Waals surface area contributed by atoms with Gasteiger partial charge < -0.3 is 10.2 Å². The van der Waals surface area contributed by atoms with Gasteiger partial charge in [-0.15, -0.1) is 0 Å². The predicted octanol–water partition coefficient (Wildman–Crippen LogP) is 5.13. The highest BCUT2D eigenvalue weighted by Crippen LogP contribution is 2.37. The zero-order chi connectivity index (χ0) is 29.0. The molecule has 0 aliphatic heterocycles. The van der Waals surface area contributed by atoms with Gasteiger partial charge in [0.05, 0.1) is 22.5 Å². The molecule has 3 rings (SSSR count). The minimum absolute atomic E-state index is 0.0566. The fourth-order valence-electron chi connectivity index (χ4n) is 4.44. The summed E-state index contributed by atoms with van der Waals surface area (Å²) in [5, 5.41) is 2.30. The Morgan fingerprint density at radius 1 is 1.08 bits per heavy atom. The number of hydrogen-bond acceptors (Lipinski definition) is 4. The van der Waals surface area contributed by atoms with E-state index in [0.29, 0.717) is 15.9 Å². The Hall–Kier alpha value is -2.86. The number of sulfonamides is 1. The number of carbonyl (C=O) groups excluding carboxylic acids is 2. The van der Waals surface area contributed by atoms with Crippen LogP contribution in [0.1, 0.15) is 50.2 Å². The number of nitrogens with one attached hydrogen (secondary N) is 1. The second-order valence-electron chi connectivity index (χ2n) is 9.60. The number of hydrogen-bond donors (Lipinski definition) is 1. The predicted molar refractivity (Wildman–Crippen MR) is 140 cm³/mol. The summed E-state index contributed by atoms with van der Waals surface area (Å²) in [7, 11) is -4.24. The van der Waals surface area contributed by atoms with Gasteiger partial charge in [-0.2, -0.15) is 13.2 Å². The first-order chi connectivity index (χ1) is 18.2. The topological polar surface area (TPSA) is 86.8 Å². The lowest BCUT2D eigenvalue weighted by Gasteiger charge is -2.33. The number of halogens is 5. The largest absolute Gasteiger partial charge is 0.417 e. The Kier molecular flexibility index (Phi) is 9.87. The van der Waals surface area contributed by atoms with E-state index >= 15 is 0 Å². The van der Waals surface area contributed by atoms with Gasteiger partial charge in [-0.3, -0.25) is 13.9 Å². The highest BCUT2D eigenvalue weighted by Gasteiger charge is 2.36. The Balaban J connectivity index is 1.92. The van der Waals surface area contributed by atoms with Crippen molar-refractivity contribution in [2.45, 2.75) is 63.8 Å². The van der Waals surface area contributed by atoms with E-state index in [2.05, 4.69) is 5.32 Å². The van der Waals surface area contributed by atoms with Crippen molar-refractivity contribution in [3.63, 3.8) is 0 Å². The van der Waals surface area contributed by atoms with Crippen molar-refractivity contribution in [2.24, 2.45) is 0 Å². The van der Waals surface area contributed by atoms with Crippen LogP contribution in [0.3, 0.4) is 0 Å². The van der Waals surface area contributed by atoms with Crippen LogP contribution >= 0.6 is 11.6 Å². The van der Waals surface area contributed by atoms with Gasteiger partial charge in [0.2, 0.25) is 21.8 Å². The molecule has 1 aliphatic rings. The van der Waals surface area contributed by atoms with Crippen LogP contribution < -0.4 is 9.62 Å². The minimum Gasteiger partial charge on any atom is -0.352 e. The van der Waals surface area contributed by atoms with E-state index in [1.807, 2.05) is 0 Å². The lowest BCUT2D eigenvalue weighted by molar-refractivity contribution is -0.139. The number of benzene rings is 2. The van der Waals surface area contributed by atoms with E-state index < -0.39 is 62.7 Å². The Labute approximate surface area is 230 Å². The molecule has 0 saturated heterocycles. The van der Waals surface area contributed by atoms with Crippen LogP contribution in [0.5, 0.6) is 0 Å². The van der Waals surface area contributed by atoms with Gasteiger partial charge in [0.1, 0.15) is 18.4 Å². The molecule has 0 aromatic heterocycles. The summed E-state index contributed by atoms with van der Waals surface area (Å²) in [6, 6.07) is 6.62. The van der Waals surface area contributed by atoms with Crippen LogP contribution in [0, 0.1) is 5.82 Å². The summed E-state index contributed by atoms with van der Waals surface area (Å²) in [4.78, 5) is 27.8. The van der Waals surface area contributed by atoms with E-state index in [0.717, 1.165) is 55.4 Å². The maximum atomic E-state index is 13.5. The fraction of sp³-hybridized carbons (Fsp3) is 0.462. The molecule has 13 heteroatoms. The number of carbonyl (C=O) groups is 2. The van der Waals surface area contributed by atoms with Gasteiger partial charge in [0.25, 0.3) is 0 Å². The van der Waals surface area contributed by atoms with Crippen LogP contribution in [0.2, 0.25) is 5.02 Å². The third kappa shape index (κ3) is 8.31. The Bertz CT molecular complexity index is 1280. The summed E-state index contributed by atoms with van der Waals surface area (Å²) in [5.74, 6) is -1.79. The third-order valence-corrected chi connectivity index (χ3v) is 8.08. The molecule has 2 amide bonds. The molecule has 1 aliphatic carbocycles. The third-order valence-electron chi connectivity index (χ3n) is 6.61. The molecule has 0 heterocycles. The number of anilines is 1. The normalized spacial score (nSPS) is 15.5. The molecule has 0 bridgehead atoms. The van der Waals surface area contributed by atoms with Crippen molar-refractivity contribution in [3.05, 3.63) is 64.4 Å². The first kappa shape index (κ1) is 30.7. The van der Waals surface area contributed by atoms with Crippen molar-refractivity contribution in [3.8, 4) is 0 Å². The molecular formula is C26H30ClF4N3O4S. The van der Waals surface area contributed by atoms with Crippen molar-refractivity contribution in [1.82, 2.24) is 10.2 Å². The molecule has 1 N–H and O–H groups in total. The minimum atomic E-state index is -4.86. The summed E-state index contributed by atoms with van der Waals surface area (Å²) < 4.78 is 79.5. The van der Waals surface area contributed by atoms with Crippen LogP contribution in [-0.2, 0) is 32.3 Å². The van der Waals surface area contributed by atoms with Gasteiger partial charge in [-0.1, -0.05) is 43.0 Å². The number of amides is 2. The van der Waals surface area contributed by atoms with Crippen LogP contribution in [0.4, 0.5) is 23.2 Å². The first-order valence-electron chi connectivity index (χ1n) is 12.4. The first-order valence-corrected chi connectivity index (χ1v) is 14.6.